The third-order valence-electron chi connectivity index (χ3n) is 5.55. The average Bonchev–Trinajstić information content (AvgIpc) is 2.98. The molecule has 1 aliphatic heterocycles. The van der Waals surface area contributed by atoms with Crippen molar-refractivity contribution in [2.24, 2.45) is 16.1 Å². The molecule has 0 aliphatic carbocycles. The van der Waals surface area contributed by atoms with Crippen LogP contribution >= 0.6 is 27.5 Å². The molecule has 0 saturated carbocycles. The highest BCUT2D eigenvalue weighted by Crippen LogP contribution is 2.45. The fraction of sp³-hybridized carbons (Fsp3) is 0.375. The van der Waals surface area contributed by atoms with Gasteiger partial charge in [0.25, 0.3) is 5.91 Å². The fourth-order valence-electron chi connectivity index (χ4n) is 4.23. The number of hydrogen-bond donors (Lipinski definition) is 2. The Bertz CT molecular complexity index is 1170. The molecule has 2 aromatic carbocycles. The topological polar surface area (TPSA) is 105 Å². The molecule has 7 nitrogen and oxygen atoms in total. The molecule has 0 spiro atoms. The van der Waals surface area contributed by atoms with Crippen LogP contribution in [0.15, 0.2) is 45.9 Å². The molecule has 1 heterocycles. The summed E-state index contributed by atoms with van der Waals surface area (Å²) in [5, 5.41) is 10.4. The highest BCUT2D eigenvalue weighted by Gasteiger charge is 2.54. The van der Waals surface area contributed by atoms with Gasteiger partial charge in [-0.3, -0.25) is 9.69 Å². The van der Waals surface area contributed by atoms with Crippen molar-refractivity contribution in [2.45, 2.75) is 38.8 Å². The Labute approximate surface area is 210 Å². The lowest BCUT2D eigenvalue weighted by Gasteiger charge is -2.34. The Balaban J connectivity index is 2.15. The van der Waals surface area contributed by atoms with Crippen LogP contribution in [-0.4, -0.2) is 41.6 Å². The number of ether oxygens (including phenoxy) is 1. The molecule has 0 saturated heterocycles. The predicted molar refractivity (Wildman–Crippen MR) is 131 cm³/mol. The normalized spacial score (nSPS) is 19.2. The number of hydrogen-bond acceptors (Lipinski definition) is 6. The number of guanidine groups is 1. The van der Waals surface area contributed by atoms with E-state index in [9.17, 15) is 14.7 Å². The Morgan fingerprint density at radius 2 is 2.00 bits per heavy atom. The predicted octanol–water partition coefficient (Wildman–Crippen LogP) is 4.55. The van der Waals surface area contributed by atoms with Crippen molar-refractivity contribution in [2.75, 3.05) is 13.7 Å². The zero-order valence-electron chi connectivity index (χ0n) is 19.2. The smallest absolute Gasteiger partial charge is 0.339 e. The summed E-state index contributed by atoms with van der Waals surface area (Å²) in [4.78, 5) is 31.8. The van der Waals surface area contributed by atoms with E-state index in [0.29, 0.717) is 10.0 Å². The van der Waals surface area contributed by atoms with Gasteiger partial charge >= 0.3 is 5.97 Å². The molecule has 2 atom stereocenters. The molecule has 0 bridgehead atoms. The summed E-state index contributed by atoms with van der Waals surface area (Å²) in [6.45, 7) is 5.22. The van der Waals surface area contributed by atoms with Crippen LogP contribution in [0.5, 0.6) is 0 Å². The van der Waals surface area contributed by atoms with Crippen molar-refractivity contribution in [3.63, 3.8) is 0 Å². The van der Waals surface area contributed by atoms with E-state index in [2.05, 4.69) is 20.9 Å². The third-order valence-corrected chi connectivity index (χ3v) is 6.38. The molecule has 1 aliphatic rings. The van der Waals surface area contributed by atoms with E-state index >= 15 is 4.39 Å². The number of esters is 1. The number of benzene rings is 2. The molecule has 10 heteroatoms. The molecule has 0 radical (unpaired) electrons. The monoisotopic (exact) mass is 553 g/mol. The van der Waals surface area contributed by atoms with Crippen LogP contribution < -0.4 is 5.73 Å². The first-order valence-electron chi connectivity index (χ1n) is 10.5. The summed E-state index contributed by atoms with van der Waals surface area (Å²) in [5.74, 6) is -2.01. The largest absolute Gasteiger partial charge is 0.465 e. The number of aliphatic imine (C=N–C) groups is 1. The third kappa shape index (κ3) is 4.82. The van der Waals surface area contributed by atoms with Crippen molar-refractivity contribution in [3.8, 4) is 0 Å². The quantitative estimate of drug-likeness (QED) is 0.510. The highest BCUT2D eigenvalue weighted by atomic mass is 79.9. The number of amides is 1. The van der Waals surface area contributed by atoms with Crippen molar-refractivity contribution in [3.05, 3.63) is 68.4 Å². The van der Waals surface area contributed by atoms with Crippen LogP contribution in [0.2, 0.25) is 5.02 Å². The van der Waals surface area contributed by atoms with Crippen LogP contribution in [0, 0.1) is 11.2 Å². The van der Waals surface area contributed by atoms with E-state index in [1.54, 1.807) is 12.1 Å². The number of rotatable bonds is 6. The van der Waals surface area contributed by atoms with Gasteiger partial charge in [0.1, 0.15) is 5.82 Å². The van der Waals surface area contributed by atoms with Crippen molar-refractivity contribution in [1.29, 1.82) is 0 Å². The number of nitrogens with two attached hydrogens (primary N) is 1. The SMILES string of the molecule is COC(=O)c1cc([C@@H](CO)N2C(=O)[C@@](CC(C)(C)C)(c3ccc(Br)cc3F)N=C2N)ccc1Cl. The molecule has 3 N–H and O–H groups in total. The number of methoxy groups -OCH3 is 1. The molecule has 2 aromatic rings. The molecule has 182 valence electrons. The van der Waals surface area contributed by atoms with Crippen LogP contribution in [0.1, 0.15) is 54.7 Å². The minimum absolute atomic E-state index is 0.0715. The minimum atomic E-state index is -1.63. The van der Waals surface area contributed by atoms with E-state index in [1.807, 2.05) is 20.8 Å². The first-order valence-corrected chi connectivity index (χ1v) is 11.6. The summed E-state index contributed by atoms with van der Waals surface area (Å²) in [7, 11) is 1.22. The van der Waals surface area contributed by atoms with Gasteiger partial charge < -0.3 is 15.6 Å². The van der Waals surface area contributed by atoms with Crippen molar-refractivity contribution < 1.29 is 23.8 Å². The Hall–Kier alpha value is -2.49. The standard InChI is InChI=1S/C24H26BrClFN3O4/c1-23(2,3)12-24(16-7-6-14(25)10-18(16)27)21(33)30(22(28)29-24)19(11-31)13-5-8-17(26)15(9-13)20(32)34-4/h5-10,19,31H,11-12H2,1-4H3,(H2,28,29)/t19-,24-/m1/s1. The minimum Gasteiger partial charge on any atom is -0.465 e. The molecule has 34 heavy (non-hydrogen) atoms. The van der Waals surface area contributed by atoms with E-state index in [4.69, 9.17) is 22.1 Å². The Morgan fingerprint density at radius 3 is 2.56 bits per heavy atom. The number of carbonyl (C=O) groups excluding carboxylic acids is 2. The number of carbonyl (C=O) groups is 2. The Morgan fingerprint density at radius 1 is 1.32 bits per heavy atom. The maximum absolute atomic E-state index is 15.2. The van der Waals surface area contributed by atoms with Gasteiger partial charge in [0.15, 0.2) is 11.5 Å². The zero-order chi connectivity index (χ0) is 25.4. The first-order chi connectivity index (χ1) is 15.8. The van der Waals surface area contributed by atoms with Gasteiger partial charge in [-0.1, -0.05) is 60.4 Å². The molecule has 0 unspecified atom stereocenters. The lowest BCUT2D eigenvalue weighted by atomic mass is 9.75. The summed E-state index contributed by atoms with van der Waals surface area (Å²) in [6.07, 6.45) is 0.167. The first kappa shape index (κ1) is 26.1. The molecule has 1 amide bonds. The summed E-state index contributed by atoms with van der Waals surface area (Å²) in [5.41, 5.74) is 4.74. The van der Waals surface area contributed by atoms with Crippen LogP contribution in [0.25, 0.3) is 0 Å². The second kappa shape index (κ2) is 9.64. The van der Waals surface area contributed by atoms with Gasteiger partial charge in [-0.25, -0.2) is 14.2 Å². The second-order valence-corrected chi connectivity index (χ2v) is 10.6. The van der Waals surface area contributed by atoms with Gasteiger partial charge in [0.2, 0.25) is 0 Å². The number of nitrogens with zero attached hydrogens (tertiary/aromatic N) is 2. The Kier molecular flexibility index (Phi) is 7.40. The summed E-state index contributed by atoms with van der Waals surface area (Å²) < 4.78 is 20.4. The highest BCUT2D eigenvalue weighted by molar-refractivity contribution is 9.10. The lowest BCUT2D eigenvalue weighted by Crippen LogP contribution is -2.47. The zero-order valence-corrected chi connectivity index (χ0v) is 21.6. The average molecular weight is 555 g/mol. The lowest BCUT2D eigenvalue weighted by molar-refractivity contribution is -0.135. The molecule has 0 fully saturated rings. The van der Waals surface area contributed by atoms with Gasteiger partial charge in [-0.2, -0.15) is 0 Å². The van der Waals surface area contributed by atoms with Gasteiger partial charge in [-0.05, 0) is 41.7 Å². The number of halogens is 3. The fourth-order valence-corrected chi connectivity index (χ4v) is 4.76. The molecule has 0 aromatic heterocycles. The number of aliphatic hydroxyl groups excluding tert-OH is 1. The van der Waals surface area contributed by atoms with Gasteiger partial charge in [0.05, 0.1) is 30.3 Å². The second-order valence-electron chi connectivity index (χ2n) is 9.30. The van der Waals surface area contributed by atoms with Crippen LogP contribution in [0.3, 0.4) is 0 Å². The molecular formula is C24H26BrClFN3O4. The van der Waals surface area contributed by atoms with E-state index in [1.165, 1.54) is 31.4 Å². The van der Waals surface area contributed by atoms with E-state index in [-0.39, 0.29) is 28.5 Å². The van der Waals surface area contributed by atoms with E-state index in [0.717, 1.165) is 4.90 Å². The van der Waals surface area contributed by atoms with Crippen LogP contribution in [0.4, 0.5) is 4.39 Å². The van der Waals surface area contributed by atoms with Crippen LogP contribution in [-0.2, 0) is 15.1 Å². The maximum Gasteiger partial charge on any atom is 0.339 e. The van der Waals surface area contributed by atoms with Gasteiger partial charge in [-0.15, -0.1) is 0 Å². The summed E-state index contributed by atoms with van der Waals surface area (Å²) >= 11 is 9.37. The maximum atomic E-state index is 15.2. The van der Waals surface area contributed by atoms with Crippen molar-refractivity contribution in [1.82, 2.24) is 4.90 Å². The van der Waals surface area contributed by atoms with Gasteiger partial charge in [0, 0.05) is 10.0 Å². The summed E-state index contributed by atoms with van der Waals surface area (Å²) in [6, 6.07) is 7.89. The molecular weight excluding hydrogens is 529 g/mol. The number of aliphatic hydroxyl groups is 1. The van der Waals surface area contributed by atoms with E-state index < -0.39 is 41.3 Å². The molecule has 3 rings (SSSR count). The van der Waals surface area contributed by atoms with Crippen molar-refractivity contribution >= 4 is 45.4 Å².